The fourth-order valence-corrected chi connectivity index (χ4v) is 3.77. The van der Waals surface area contributed by atoms with E-state index in [9.17, 15) is 13.2 Å². The maximum absolute atomic E-state index is 13.0. The highest BCUT2D eigenvalue weighted by Crippen LogP contribution is 2.25. The number of nitrogens with one attached hydrogen (secondary N) is 1. The molecule has 2 aromatic rings. The molecule has 0 fully saturated rings. The lowest BCUT2D eigenvalue weighted by Gasteiger charge is -2.25. The van der Waals surface area contributed by atoms with Gasteiger partial charge in [-0.1, -0.05) is 32.9 Å². The third-order valence-corrected chi connectivity index (χ3v) is 6.39. The lowest BCUT2D eigenvalue weighted by Crippen LogP contribution is -2.40. The van der Waals surface area contributed by atoms with Gasteiger partial charge < -0.3 is 14.8 Å². The Bertz CT molecular complexity index is 972. The largest absolute Gasteiger partial charge is 0.497 e. The zero-order valence-electron chi connectivity index (χ0n) is 19.7. The van der Waals surface area contributed by atoms with Crippen LogP contribution in [0, 0.1) is 5.92 Å². The fourth-order valence-electron chi connectivity index (χ4n) is 3.26. The van der Waals surface area contributed by atoms with Gasteiger partial charge in [0.15, 0.2) is 6.10 Å². The summed E-state index contributed by atoms with van der Waals surface area (Å²) in [5.41, 5.74) is 1.53. The molecule has 0 radical (unpaired) electrons. The van der Waals surface area contributed by atoms with Crippen LogP contribution in [0.2, 0.25) is 0 Å². The summed E-state index contributed by atoms with van der Waals surface area (Å²) in [5.74, 6) is 1.47. The number of methoxy groups -OCH3 is 1. The normalized spacial score (nSPS) is 13.3. The van der Waals surface area contributed by atoms with E-state index < -0.39 is 16.1 Å². The molecule has 0 saturated heterocycles. The van der Waals surface area contributed by atoms with Gasteiger partial charge >= 0.3 is 0 Å². The van der Waals surface area contributed by atoms with Crippen LogP contribution in [-0.2, 0) is 14.8 Å². The summed E-state index contributed by atoms with van der Waals surface area (Å²) in [6, 6.07) is 14.2. The van der Waals surface area contributed by atoms with Crippen LogP contribution in [0.15, 0.2) is 48.5 Å². The zero-order valence-corrected chi connectivity index (χ0v) is 20.5. The Morgan fingerprint density at radius 1 is 1.03 bits per heavy atom. The van der Waals surface area contributed by atoms with Gasteiger partial charge in [0.1, 0.15) is 11.5 Å². The second kappa shape index (κ2) is 11.2. The van der Waals surface area contributed by atoms with Crippen LogP contribution >= 0.6 is 0 Å². The Hall–Kier alpha value is -2.74. The maximum Gasteiger partial charge on any atom is 0.261 e. The van der Waals surface area contributed by atoms with Crippen molar-refractivity contribution in [1.82, 2.24) is 5.32 Å². The van der Waals surface area contributed by atoms with E-state index in [4.69, 9.17) is 9.47 Å². The molecule has 8 heteroatoms. The van der Waals surface area contributed by atoms with Crippen LogP contribution in [0.25, 0.3) is 0 Å². The molecular formula is C24H34N2O5S. The minimum absolute atomic E-state index is 0.142. The van der Waals surface area contributed by atoms with Crippen molar-refractivity contribution in [2.24, 2.45) is 5.92 Å². The molecule has 0 aliphatic rings. The number of carbonyl (C=O) groups is 1. The van der Waals surface area contributed by atoms with Gasteiger partial charge in [-0.15, -0.1) is 0 Å². The highest BCUT2D eigenvalue weighted by molar-refractivity contribution is 7.92. The summed E-state index contributed by atoms with van der Waals surface area (Å²) in [7, 11) is -0.234. The Morgan fingerprint density at radius 3 is 2.06 bits per heavy atom. The fraction of sp³-hybridized carbons (Fsp3) is 0.458. The van der Waals surface area contributed by atoms with E-state index in [0.717, 1.165) is 24.0 Å². The first-order valence-corrected chi connectivity index (χ1v) is 12.5. The number of benzene rings is 2. The smallest absolute Gasteiger partial charge is 0.261 e. The molecule has 0 aliphatic carbocycles. The molecule has 0 aliphatic heterocycles. The van der Waals surface area contributed by atoms with Gasteiger partial charge in [0.25, 0.3) is 5.91 Å². The number of rotatable bonds is 11. The first-order valence-electron chi connectivity index (χ1n) is 10.7. The number of sulfonamides is 1. The van der Waals surface area contributed by atoms with Crippen molar-refractivity contribution < 1.29 is 22.7 Å². The van der Waals surface area contributed by atoms with E-state index in [2.05, 4.69) is 19.2 Å². The molecule has 0 aromatic heterocycles. The summed E-state index contributed by atoms with van der Waals surface area (Å²) >= 11 is 0. The summed E-state index contributed by atoms with van der Waals surface area (Å²) in [5, 5.41) is 3.13. The molecule has 0 bridgehead atoms. The number of hydrogen-bond donors (Lipinski definition) is 1. The first-order chi connectivity index (χ1) is 15.0. The third kappa shape index (κ3) is 7.15. The topological polar surface area (TPSA) is 84.9 Å². The molecule has 0 unspecified atom stereocenters. The number of anilines is 1. The van der Waals surface area contributed by atoms with Crippen LogP contribution < -0.4 is 19.1 Å². The van der Waals surface area contributed by atoms with Gasteiger partial charge in [-0.2, -0.15) is 0 Å². The van der Waals surface area contributed by atoms with Gasteiger partial charge in [-0.3, -0.25) is 9.10 Å². The van der Waals surface area contributed by atoms with Gasteiger partial charge in [0.2, 0.25) is 10.0 Å². The van der Waals surface area contributed by atoms with Crippen LogP contribution in [0.4, 0.5) is 5.69 Å². The monoisotopic (exact) mass is 462 g/mol. The Kier molecular flexibility index (Phi) is 8.95. The molecule has 1 amide bonds. The standard InChI is InChI=1S/C24H34N2O5S/c1-7-23(31-21-14-10-19(11-15-21)26(4)32(6,28)29)24(27)25-22(16-17(2)3)18-8-12-20(30-5)13-9-18/h8-15,17,22-23H,7,16H2,1-6H3,(H,25,27)/t22-,23+/m1/s1. The van der Waals surface area contributed by atoms with Crippen molar-refractivity contribution in [3.05, 3.63) is 54.1 Å². The van der Waals surface area contributed by atoms with Gasteiger partial charge in [0, 0.05) is 7.05 Å². The quantitative estimate of drug-likeness (QED) is 0.542. The van der Waals surface area contributed by atoms with Crippen molar-refractivity contribution in [2.45, 2.75) is 45.8 Å². The summed E-state index contributed by atoms with van der Waals surface area (Å²) < 4.78 is 35.7. The number of hydrogen-bond acceptors (Lipinski definition) is 5. The summed E-state index contributed by atoms with van der Waals surface area (Å²) in [6.07, 6.45) is 1.77. The number of carbonyl (C=O) groups excluding carboxylic acids is 1. The molecular weight excluding hydrogens is 428 g/mol. The third-order valence-electron chi connectivity index (χ3n) is 5.18. The molecule has 7 nitrogen and oxygen atoms in total. The van der Waals surface area contributed by atoms with E-state index >= 15 is 0 Å². The van der Waals surface area contributed by atoms with Gasteiger partial charge in [0.05, 0.1) is 25.1 Å². The number of amides is 1. The van der Waals surface area contributed by atoms with Crippen molar-refractivity contribution >= 4 is 21.6 Å². The number of ether oxygens (including phenoxy) is 2. The molecule has 0 spiro atoms. The van der Waals surface area contributed by atoms with E-state index in [-0.39, 0.29) is 11.9 Å². The maximum atomic E-state index is 13.0. The Labute approximate surface area is 191 Å². The summed E-state index contributed by atoms with van der Waals surface area (Å²) in [6.45, 7) is 6.12. The van der Waals surface area contributed by atoms with Gasteiger partial charge in [-0.25, -0.2) is 8.42 Å². The molecule has 2 aromatic carbocycles. The van der Waals surface area contributed by atoms with Crippen LogP contribution in [0.5, 0.6) is 11.5 Å². The van der Waals surface area contributed by atoms with Crippen molar-refractivity contribution in [3.63, 3.8) is 0 Å². The molecule has 176 valence electrons. The first kappa shape index (κ1) is 25.5. The van der Waals surface area contributed by atoms with E-state index in [1.54, 1.807) is 31.4 Å². The summed E-state index contributed by atoms with van der Waals surface area (Å²) in [4.78, 5) is 13.0. The molecule has 0 heterocycles. The van der Waals surface area contributed by atoms with E-state index in [1.165, 1.54) is 11.4 Å². The van der Waals surface area contributed by atoms with Crippen molar-refractivity contribution in [3.8, 4) is 11.5 Å². The predicted octanol–water partition coefficient (Wildman–Crippen LogP) is 4.15. The highest BCUT2D eigenvalue weighted by Gasteiger charge is 2.23. The van der Waals surface area contributed by atoms with Crippen LogP contribution in [-0.4, -0.2) is 40.8 Å². The predicted molar refractivity (Wildman–Crippen MR) is 128 cm³/mol. The van der Waals surface area contributed by atoms with Gasteiger partial charge in [-0.05, 0) is 60.7 Å². The molecule has 32 heavy (non-hydrogen) atoms. The lowest BCUT2D eigenvalue weighted by molar-refractivity contribution is -0.129. The minimum atomic E-state index is -3.34. The number of nitrogens with zero attached hydrogens (tertiary/aromatic N) is 1. The molecule has 2 atom stereocenters. The lowest BCUT2D eigenvalue weighted by atomic mass is 9.96. The van der Waals surface area contributed by atoms with Crippen molar-refractivity contribution in [1.29, 1.82) is 0 Å². The Balaban J connectivity index is 2.12. The van der Waals surface area contributed by atoms with Crippen LogP contribution in [0.3, 0.4) is 0 Å². The Morgan fingerprint density at radius 2 is 1.59 bits per heavy atom. The van der Waals surface area contributed by atoms with E-state index in [1.807, 2.05) is 31.2 Å². The highest BCUT2D eigenvalue weighted by atomic mass is 32.2. The van der Waals surface area contributed by atoms with Crippen molar-refractivity contribution in [2.75, 3.05) is 24.7 Å². The molecule has 0 saturated carbocycles. The second-order valence-corrected chi connectivity index (χ2v) is 10.2. The molecule has 1 N–H and O–H groups in total. The second-order valence-electron chi connectivity index (χ2n) is 8.20. The average molecular weight is 463 g/mol. The van der Waals surface area contributed by atoms with E-state index in [0.29, 0.717) is 23.8 Å². The van der Waals surface area contributed by atoms with Crippen LogP contribution in [0.1, 0.15) is 45.2 Å². The average Bonchev–Trinajstić information content (AvgIpc) is 2.76. The minimum Gasteiger partial charge on any atom is -0.497 e. The SMILES string of the molecule is CC[C@H](Oc1ccc(N(C)S(C)(=O)=O)cc1)C(=O)N[C@H](CC(C)C)c1ccc(OC)cc1. The molecule has 2 rings (SSSR count). The zero-order chi connectivity index (χ0) is 23.9.